The van der Waals surface area contributed by atoms with Gasteiger partial charge in [-0.2, -0.15) is 0 Å². The molecule has 1 saturated heterocycles. The summed E-state index contributed by atoms with van der Waals surface area (Å²) in [6, 6.07) is 12.6. The summed E-state index contributed by atoms with van der Waals surface area (Å²) in [5.74, 6) is 1.33. The van der Waals surface area contributed by atoms with Gasteiger partial charge in [-0.05, 0) is 24.6 Å². The van der Waals surface area contributed by atoms with Crippen LogP contribution in [0.1, 0.15) is 6.42 Å². The van der Waals surface area contributed by atoms with E-state index in [1.807, 2.05) is 35.9 Å². The lowest BCUT2D eigenvalue weighted by molar-refractivity contribution is -0.384. The van der Waals surface area contributed by atoms with Crippen LogP contribution in [0.4, 0.5) is 23.0 Å². The number of aromatic nitrogens is 4. The summed E-state index contributed by atoms with van der Waals surface area (Å²) in [7, 11) is 3.41. The van der Waals surface area contributed by atoms with Crippen molar-refractivity contribution in [1.29, 1.82) is 0 Å². The van der Waals surface area contributed by atoms with E-state index in [-0.39, 0.29) is 11.6 Å². The summed E-state index contributed by atoms with van der Waals surface area (Å²) in [6.45, 7) is 0.862. The van der Waals surface area contributed by atoms with Crippen molar-refractivity contribution in [2.24, 2.45) is 7.05 Å². The van der Waals surface area contributed by atoms with Gasteiger partial charge in [-0.3, -0.25) is 10.1 Å². The Bertz CT molecular complexity index is 1390. The van der Waals surface area contributed by atoms with Crippen molar-refractivity contribution in [2.45, 2.75) is 12.5 Å². The molecule has 0 amide bonds. The third-order valence-electron chi connectivity index (χ3n) is 5.92. The van der Waals surface area contributed by atoms with Crippen molar-refractivity contribution in [3.05, 3.63) is 58.8 Å². The highest BCUT2D eigenvalue weighted by Crippen LogP contribution is 2.40. The summed E-state index contributed by atoms with van der Waals surface area (Å²) in [4.78, 5) is 26.7. The number of aliphatic hydroxyl groups is 1. The molecule has 2 aromatic heterocycles. The van der Waals surface area contributed by atoms with Crippen LogP contribution in [-0.4, -0.2) is 55.9 Å². The predicted octanol–water partition coefficient (Wildman–Crippen LogP) is 3.26. The first-order valence-electron chi connectivity index (χ1n) is 10.8. The number of methoxy groups -OCH3 is 1. The van der Waals surface area contributed by atoms with E-state index in [4.69, 9.17) is 4.74 Å². The molecule has 2 aromatic carbocycles. The zero-order valence-electron chi connectivity index (χ0n) is 18.7. The van der Waals surface area contributed by atoms with Crippen LogP contribution >= 0.6 is 0 Å². The monoisotopic (exact) mass is 461 g/mol. The second-order valence-electron chi connectivity index (χ2n) is 8.06. The van der Waals surface area contributed by atoms with Crippen LogP contribution in [0.5, 0.6) is 5.75 Å². The minimum Gasteiger partial charge on any atom is -0.494 e. The number of nitro benzene ring substituents is 1. The topological polar surface area (TPSA) is 131 Å². The first kappa shape index (κ1) is 21.6. The van der Waals surface area contributed by atoms with E-state index < -0.39 is 11.0 Å². The highest BCUT2D eigenvalue weighted by molar-refractivity contribution is 5.80. The molecule has 1 aliphatic rings. The summed E-state index contributed by atoms with van der Waals surface area (Å²) in [5, 5.41) is 24.8. The molecule has 34 heavy (non-hydrogen) atoms. The van der Waals surface area contributed by atoms with Gasteiger partial charge < -0.3 is 24.6 Å². The molecule has 1 aliphatic heterocycles. The molecule has 0 aliphatic carbocycles. The Balaban J connectivity index is 1.51. The molecule has 0 spiro atoms. The van der Waals surface area contributed by atoms with Gasteiger partial charge in [0.2, 0.25) is 5.95 Å². The van der Waals surface area contributed by atoms with Crippen molar-refractivity contribution in [1.82, 2.24) is 19.5 Å². The Labute approximate surface area is 194 Å². The van der Waals surface area contributed by atoms with Crippen LogP contribution in [0, 0.1) is 10.1 Å². The molecule has 0 saturated carbocycles. The van der Waals surface area contributed by atoms with Gasteiger partial charge in [0.25, 0.3) is 5.69 Å². The maximum absolute atomic E-state index is 11.8. The number of β-amino-alcohol motifs (C(OH)–C–C–N with tert-alkyl or cyclic N) is 1. The lowest BCUT2D eigenvalue weighted by atomic mass is 10.2. The third kappa shape index (κ3) is 3.86. The second-order valence-corrected chi connectivity index (χ2v) is 8.06. The Morgan fingerprint density at radius 3 is 2.76 bits per heavy atom. The minimum absolute atomic E-state index is 0.0936. The third-order valence-corrected chi connectivity index (χ3v) is 5.92. The van der Waals surface area contributed by atoms with Gasteiger partial charge in [-0.25, -0.2) is 15.0 Å². The molecule has 0 radical (unpaired) electrons. The molecule has 11 nitrogen and oxygen atoms in total. The molecule has 2 N–H and O–H groups in total. The van der Waals surface area contributed by atoms with E-state index in [1.165, 1.54) is 13.2 Å². The molecule has 5 rings (SSSR count). The summed E-state index contributed by atoms with van der Waals surface area (Å²) in [5.41, 5.74) is 3.10. The van der Waals surface area contributed by atoms with Crippen LogP contribution in [-0.2, 0) is 7.05 Å². The Morgan fingerprint density at radius 2 is 2.06 bits per heavy atom. The fourth-order valence-electron chi connectivity index (χ4n) is 4.22. The molecule has 4 aromatic rings. The van der Waals surface area contributed by atoms with Gasteiger partial charge in [0, 0.05) is 38.5 Å². The fraction of sp³-hybridized carbons (Fsp3) is 0.261. The highest BCUT2D eigenvalue weighted by atomic mass is 16.6. The second kappa shape index (κ2) is 8.60. The van der Waals surface area contributed by atoms with Crippen LogP contribution in [0.25, 0.3) is 22.6 Å². The number of hydrogen-bond acceptors (Lipinski definition) is 9. The number of ether oxygens (including phenoxy) is 1. The van der Waals surface area contributed by atoms with Crippen LogP contribution in [0.15, 0.2) is 48.7 Å². The summed E-state index contributed by atoms with van der Waals surface area (Å²) >= 11 is 0. The number of fused-ring (bicyclic) bond motifs is 1. The van der Waals surface area contributed by atoms with Crippen molar-refractivity contribution < 1.29 is 14.8 Å². The minimum atomic E-state index is -0.512. The smallest absolute Gasteiger partial charge is 0.294 e. The summed E-state index contributed by atoms with van der Waals surface area (Å²) < 4.78 is 7.46. The molecule has 0 unspecified atom stereocenters. The zero-order valence-corrected chi connectivity index (χ0v) is 18.7. The maximum atomic E-state index is 11.8. The Kier molecular flexibility index (Phi) is 5.46. The molecule has 3 heterocycles. The highest BCUT2D eigenvalue weighted by Gasteiger charge is 2.28. The molecule has 174 valence electrons. The number of rotatable bonds is 6. The van der Waals surface area contributed by atoms with Gasteiger partial charge in [0.05, 0.1) is 34.9 Å². The van der Waals surface area contributed by atoms with Crippen LogP contribution in [0.2, 0.25) is 0 Å². The van der Waals surface area contributed by atoms with Gasteiger partial charge in [-0.1, -0.05) is 12.1 Å². The number of para-hydroxylation sites is 2. The molecule has 11 heteroatoms. The number of nitrogens with one attached hydrogen (secondary N) is 1. The van der Waals surface area contributed by atoms with E-state index in [9.17, 15) is 15.2 Å². The van der Waals surface area contributed by atoms with Crippen molar-refractivity contribution in [3.8, 4) is 17.3 Å². The first-order chi connectivity index (χ1) is 16.4. The van der Waals surface area contributed by atoms with E-state index >= 15 is 0 Å². The Hall–Kier alpha value is -4.25. The van der Waals surface area contributed by atoms with Crippen LogP contribution in [0.3, 0.4) is 0 Å². The van der Waals surface area contributed by atoms with Crippen molar-refractivity contribution in [3.63, 3.8) is 0 Å². The quantitative estimate of drug-likeness (QED) is 0.328. The number of aliphatic hydroxyl groups excluding tert-OH is 1. The number of hydrogen-bond donors (Lipinski definition) is 2. The molecule has 1 fully saturated rings. The average molecular weight is 461 g/mol. The standard InChI is InChI=1S/C23H23N7O4/c1-28-18-6-4-3-5-15(18)25-22(28)16-7-9-24-23(26-16)27-17-11-20(30(32)33)19(12-21(17)34-2)29-10-8-14(31)13-29/h3-7,9,11-12,14,31H,8,10,13H2,1-2H3,(H,24,26,27)/t14-/m0/s1. The first-order valence-corrected chi connectivity index (χ1v) is 10.8. The zero-order chi connectivity index (χ0) is 23.8. The number of imidazole rings is 1. The van der Waals surface area contributed by atoms with Gasteiger partial charge in [0.15, 0.2) is 5.82 Å². The van der Waals surface area contributed by atoms with Crippen molar-refractivity contribution >= 4 is 34.0 Å². The summed E-state index contributed by atoms with van der Waals surface area (Å²) in [6.07, 6.45) is 1.65. The number of nitro groups is 1. The number of anilines is 3. The van der Waals surface area contributed by atoms with Gasteiger partial charge in [0.1, 0.15) is 17.1 Å². The average Bonchev–Trinajstić information content (AvgIpc) is 3.42. The largest absolute Gasteiger partial charge is 0.494 e. The van der Waals surface area contributed by atoms with Gasteiger partial charge in [-0.15, -0.1) is 0 Å². The molecular weight excluding hydrogens is 438 g/mol. The lowest BCUT2D eigenvalue weighted by Gasteiger charge is -2.20. The molecular formula is C23H23N7O4. The van der Waals surface area contributed by atoms with E-state index in [1.54, 1.807) is 23.2 Å². The maximum Gasteiger partial charge on any atom is 0.294 e. The number of aryl methyl sites for hydroxylation is 1. The molecule has 0 bridgehead atoms. The van der Waals surface area contributed by atoms with E-state index in [0.717, 1.165) is 11.0 Å². The van der Waals surface area contributed by atoms with Crippen LogP contribution < -0.4 is 15.0 Å². The van der Waals surface area contributed by atoms with E-state index in [2.05, 4.69) is 20.3 Å². The normalized spacial score (nSPS) is 15.6. The number of benzene rings is 2. The predicted molar refractivity (Wildman–Crippen MR) is 128 cm³/mol. The lowest BCUT2D eigenvalue weighted by Crippen LogP contribution is -2.22. The SMILES string of the molecule is COc1cc(N2CC[C@H](O)C2)c([N+](=O)[O-])cc1Nc1nccc(-c2nc3ccccc3n2C)n1. The number of nitrogens with zero attached hydrogens (tertiary/aromatic N) is 6. The van der Waals surface area contributed by atoms with E-state index in [0.29, 0.717) is 48.2 Å². The Morgan fingerprint density at radius 1 is 1.24 bits per heavy atom. The van der Waals surface area contributed by atoms with Crippen molar-refractivity contribution in [2.75, 3.05) is 30.4 Å². The van der Waals surface area contributed by atoms with Gasteiger partial charge >= 0.3 is 0 Å². The molecule has 1 atom stereocenters. The fourth-order valence-corrected chi connectivity index (χ4v) is 4.22.